The van der Waals surface area contributed by atoms with E-state index in [0.717, 1.165) is 15.7 Å². The van der Waals surface area contributed by atoms with E-state index in [1.54, 1.807) is 6.07 Å². The van der Waals surface area contributed by atoms with Crippen LogP contribution in [0.25, 0.3) is 10.9 Å². The predicted molar refractivity (Wildman–Crippen MR) is 82.4 cm³/mol. The number of nitrogens with one attached hydrogen (secondary N) is 1. The molecule has 100 valence electrons. The topological polar surface area (TPSA) is 55.1 Å². The Labute approximate surface area is 123 Å². The number of benzene rings is 2. The SMILES string of the molecule is Cc1ccc2nc(Nc3ccccc3Br)oc(=O)c2c1. The maximum atomic E-state index is 12.0. The van der Waals surface area contributed by atoms with Crippen molar-refractivity contribution >= 4 is 38.5 Å². The van der Waals surface area contributed by atoms with Crippen LogP contribution in [0, 0.1) is 6.92 Å². The van der Waals surface area contributed by atoms with Gasteiger partial charge in [0.1, 0.15) is 0 Å². The summed E-state index contributed by atoms with van der Waals surface area (Å²) in [7, 11) is 0. The third kappa shape index (κ3) is 2.44. The van der Waals surface area contributed by atoms with Crippen LogP contribution >= 0.6 is 15.9 Å². The minimum atomic E-state index is -0.395. The maximum absolute atomic E-state index is 12.0. The molecule has 0 spiro atoms. The predicted octanol–water partition coefficient (Wildman–Crippen LogP) is 4.00. The molecule has 0 bridgehead atoms. The van der Waals surface area contributed by atoms with Crippen LogP contribution in [0.3, 0.4) is 0 Å². The Hall–Kier alpha value is -2.14. The minimum absolute atomic E-state index is 0.179. The van der Waals surface area contributed by atoms with E-state index in [2.05, 4.69) is 26.2 Å². The highest BCUT2D eigenvalue weighted by molar-refractivity contribution is 9.10. The molecule has 4 nitrogen and oxygen atoms in total. The smallest absolute Gasteiger partial charge is 0.348 e. The molecule has 20 heavy (non-hydrogen) atoms. The van der Waals surface area contributed by atoms with Crippen LogP contribution in [0.5, 0.6) is 0 Å². The fourth-order valence-electron chi connectivity index (χ4n) is 1.92. The molecule has 5 heteroatoms. The van der Waals surface area contributed by atoms with Crippen LogP contribution in [0.2, 0.25) is 0 Å². The van der Waals surface area contributed by atoms with Gasteiger partial charge in [0.15, 0.2) is 0 Å². The standard InChI is InChI=1S/C15H11BrN2O2/c1-9-6-7-12-10(8-9)14(19)20-15(17-12)18-13-5-3-2-4-11(13)16/h2-8H,1H3,(H,17,18). The number of aromatic nitrogens is 1. The molecule has 0 unspecified atom stereocenters. The molecule has 0 aliphatic rings. The van der Waals surface area contributed by atoms with Gasteiger partial charge in [0.05, 0.1) is 16.6 Å². The third-order valence-electron chi connectivity index (χ3n) is 2.90. The lowest BCUT2D eigenvalue weighted by Crippen LogP contribution is -2.05. The van der Waals surface area contributed by atoms with E-state index in [0.29, 0.717) is 10.9 Å². The van der Waals surface area contributed by atoms with Crippen molar-refractivity contribution in [1.29, 1.82) is 0 Å². The van der Waals surface area contributed by atoms with Gasteiger partial charge in [-0.05, 0) is 47.1 Å². The Morgan fingerprint density at radius 3 is 2.80 bits per heavy atom. The van der Waals surface area contributed by atoms with Gasteiger partial charge in [-0.25, -0.2) is 4.79 Å². The van der Waals surface area contributed by atoms with Gasteiger partial charge in [-0.1, -0.05) is 23.8 Å². The second-order valence-corrected chi connectivity index (χ2v) is 5.29. The average molecular weight is 331 g/mol. The normalized spacial score (nSPS) is 10.7. The number of fused-ring (bicyclic) bond motifs is 1. The van der Waals surface area contributed by atoms with Crippen molar-refractivity contribution in [3.63, 3.8) is 0 Å². The summed E-state index contributed by atoms with van der Waals surface area (Å²) in [5, 5.41) is 3.48. The van der Waals surface area contributed by atoms with Crippen molar-refractivity contribution in [1.82, 2.24) is 4.98 Å². The van der Waals surface area contributed by atoms with Crippen LogP contribution in [-0.4, -0.2) is 4.98 Å². The van der Waals surface area contributed by atoms with Crippen LogP contribution in [0.15, 0.2) is 56.1 Å². The molecule has 3 aromatic rings. The fourth-order valence-corrected chi connectivity index (χ4v) is 2.30. The summed E-state index contributed by atoms with van der Waals surface area (Å²) in [6.07, 6.45) is 0. The zero-order valence-corrected chi connectivity index (χ0v) is 12.3. The molecule has 0 aliphatic heterocycles. The highest BCUT2D eigenvalue weighted by Gasteiger charge is 2.08. The van der Waals surface area contributed by atoms with Crippen molar-refractivity contribution in [2.45, 2.75) is 6.92 Å². The van der Waals surface area contributed by atoms with E-state index >= 15 is 0 Å². The Bertz CT molecular complexity index is 843. The van der Waals surface area contributed by atoms with Gasteiger partial charge in [-0.3, -0.25) is 0 Å². The lowest BCUT2D eigenvalue weighted by atomic mass is 10.2. The minimum Gasteiger partial charge on any atom is -0.388 e. The highest BCUT2D eigenvalue weighted by atomic mass is 79.9. The van der Waals surface area contributed by atoms with E-state index in [1.165, 1.54) is 0 Å². The number of para-hydroxylation sites is 1. The Morgan fingerprint density at radius 2 is 2.00 bits per heavy atom. The Kier molecular flexibility index (Phi) is 3.28. The van der Waals surface area contributed by atoms with Gasteiger partial charge in [-0.2, -0.15) is 4.98 Å². The van der Waals surface area contributed by atoms with E-state index in [4.69, 9.17) is 4.42 Å². The summed E-state index contributed by atoms with van der Waals surface area (Å²) in [6.45, 7) is 1.92. The van der Waals surface area contributed by atoms with Crippen LogP contribution in [0.4, 0.5) is 11.7 Å². The zero-order chi connectivity index (χ0) is 14.1. The number of nitrogens with zero attached hydrogens (tertiary/aromatic N) is 1. The summed E-state index contributed by atoms with van der Waals surface area (Å²) in [5.41, 5.74) is 2.00. The molecule has 1 aromatic heterocycles. The average Bonchev–Trinajstić information content (AvgIpc) is 2.42. The molecule has 1 N–H and O–H groups in total. The Balaban J connectivity index is 2.08. The third-order valence-corrected chi connectivity index (χ3v) is 3.59. The van der Waals surface area contributed by atoms with Crippen molar-refractivity contribution in [2.75, 3.05) is 5.32 Å². The first-order valence-corrected chi connectivity index (χ1v) is 6.86. The molecule has 0 amide bonds. The van der Waals surface area contributed by atoms with Gasteiger partial charge in [-0.15, -0.1) is 0 Å². The molecule has 0 atom stereocenters. The highest BCUT2D eigenvalue weighted by Crippen LogP contribution is 2.24. The summed E-state index contributed by atoms with van der Waals surface area (Å²) < 4.78 is 6.07. The molecule has 3 rings (SSSR count). The van der Waals surface area contributed by atoms with E-state index in [9.17, 15) is 4.79 Å². The summed E-state index contributed by atoms with van der Waals surface area (Å²) in [4.78, 5) is 16.3. The molecule has 2 aromatic carbocycles. The molecular weight excluding hydrogens is 320 g/mol. The maximum Gasteiger partial charge on any atom is 0.348 e. The Morgan fingerprint density at radius 1 is 1.20 bits per heavy atom. The van der Waals surface area contributed by atoms with Crippen LogP contribution < -0.4 is 10.9 Å². The van der Waals surface area contributed by atoms with Gasteiger partial charge in [0, 0.05) is 4.47 Å². The molecule has 0 radical (unpaired) electrons. The second-order valence-electron chi connectivity index (χ2n) is 4.43. The van der Waals surface area contributed by atoms with Gasteiger partial charge < -0.3 is 9.73 Å². The van der Waals surface area contributed by atoms with Crippen molar-refractivity contribution in [3.8, 4) is 0 Å². The summed E-state index contributed by atoms with van der Waals surface area (Å²) in [6, 6.07) is 13.2. The molecule has 0 aliphatic carbocycles. The quantitative estimate of drug-likeness (QED) is 0.771. The number of aryl methyl sites for hydroxylation is 1. The number of halogens is 1. The lowest BCUT2D eigenvalue weighted by Gasteiger charge is -2.06. The van der Waals surface area contributed by atoms with Crippen molar-refractivity contribution in [2.24, 2.45) is 0 Å². The van der Waals surface area contributed by atoms with Crippen molar-refractivity contribution < 1.29 is 4.42 Å². The van der Waals surface area contributed by atoms with E-state index < -0.39 is 5.63 Å². The van der Waals surface area contributed by atoms with Crippen LogP contribution in [0.1, 0.15) is 5.56 Å². The van der Waals surface area contributed by atoms with Gasteiger partial charge in [0.25, 0.3) is 0 Å². The lowest BCUT2D eigenvalue weighted by molar-refractivity contribution is 0.522. The summed E-state index contributed by atoms with van der Waals surface area (Å²) in [5.74, 6) is 0. The number of rotatable bonds is 2. The summed E-state index contributed by atoms with van der Waals surface area (Å²) >= 11 is 3.42. The van der Waals surface area contributed by atoms with Gasteiger partial charge >= 0.3 is 11.6 Å². The van der Waals surface area contributed by atoms with Crippen molar-refractivity contribution in [3.05, 3.63) is 62.9 Å². The molecule has 0 fully saturated rings. The number of hydrogen-bond donors (Lipinski definition) is 1. The second kappa shape index (κ2) is 5.09. The number of hydrogen-bond acceptors (Lipinski definition) is 4. The van der Waals surface area contributed by atoms with Crippen LogP contribution in [-0.2, 0) is 0 Å². The van der Waals surface area contributed by atoms with E-state index in [-0.39, 0.29) is 6.01 Å². The molecule has 1 heterocycles. The van der Waals surface area contributed by atoms with E-state index in [1.807, 2.05) is 43.3 Å². The largest absolute Gasteiger partial charge is 0.388 e. The fraction of sp³-hybridized carbons (Fsp3) is 0.0667. The zero-order valence-electron chi connectivity index (χ0n) is 10.7. The monoisotopic (exact) mass is 330 g/mol. The first-order valence-electron chi connectivity index (χ1n) is 6.06. The molecular formula is C15H11BrN2O2. The molecule has 0 saturated heterocycles. The van der Waals surface area contributed by atoms with Gasteiger partial charge in [0.2, 0.25) is 0 Å². The number of anilines is 2. The first-order chi connectivity index (χ1) is 9.63. The first kappa shape index (κ1) is 12.9. The molecule has 0 saturated carbocycles.